The van der Waals surface area contributed by atoms with Crippen molar-refractivity contribution in [3.05, 3.63) is 29.8 Å². The van der Waals surface area contributed by atoms with Crippen LogP contribution in [0.25, 0.3) is 0 Å². The van der Waals surface area contributed by atoms with E-state index in [1.807, 2.05) is 11.9 Å². The van der Waals surface area contributed by atoms with Gasteiger partial charge in [0.05, 0.1) is 0 Å². The van der Waals surface area contributed by atoms with E-state index in [4.69, 9.17) is 0 Å². The van der Waals surface area contributed by atoms with Gasteiger partial charge in [0.25, 0.3) is 0 Å². The largest absolute Gasteiger partial charge is 0.374 e. The molecule has 0 bridgehead atoms. The minimum atomic E-state index is -2.55. The minimum absolute atomic E-state index is 0.0856. The van der Waals surface area contributed by atoms with Crippen molar-refractivity contribution in [2.45, 2.75) is 37.5 Å². The summed E-state index contributed by atoms with van der Waals surface area (Å²) in [6.45, 7) is 4.13. The fourth-order valence-corrected chi connectivity index (χ4v) is 3.47. The van der Waals surface area contributed by atoms with E-state index in [-0.39, 0.29) is 12.8 Å². The molecular formula is C17H24F2N2. The lowest BCUT2D eigenvalue weighted by Gasteiger charge is -2.23. The Morgan fingerprint density at radius 1 is 1.33 bits per heavy atom. The second-order valence-corrected chi connectivity index (χ2v) is 6.62. The smallest absolute Gasteiger partial charge is 0.249 e. The van der Waals surface area contributed by atoms with Crippen molar-refractivity contribution < 1.29 is 8.78 Å². The predicted molar refractivity (Wildman–Crippen MR) is 82.2 cm³/mol. The molecule has 0 spiro atoms. The normalized spacial score (nSPS) is 27.5. The van der Waals surface area contributed by atoms with Crippen LogP contribution in [-0.2, 0) is 5.41 Å². The number of nitrogens with one attached hydrogen (secondary N) is 1. The van der Waals surface area contributed by atoms with Gasteiger partial charge in [0.15, 0.2) is 0 Å². The van der Waals surface area contributed by atoms with Crippen molar-refractivity contribution in [2.75, 3.05) is 31.6 Å². The highest BCUT2D eigenvalue weighted by Gasteiger charge is 2.57. The number of hydrogen-bond acceptors (Lipinski definition) is 2. The molecule has 3 rings (SSSR count). The first kappa shape index (κ1) is 14.8. The first-order valence-electron chi connectivity index (χ1n) is 7.87. The molecule has 2 fully saturated rings. The molecular weight excluding hydrogens is 270 g/mol. The van der Waals surface area contributed by atoms with Crippen molar-refractivity contribution in [1.82, 2.24) is 5.32 Å². The average Bonchev–Trinajstić information content (AvgIpc) is 3.07. The highest BCUT2D eigenvalue weighted by Crippen LogP contribution is 2.56. The Balaban J connectivity index is 1.62. The molecule has 2 nitrogen and oxygen atoms in total. The molecule has 116 valence electrons. The second-order valence-electron chi connectivity index (χ2n) is 6.62. The maximum atomic E-state index is 13.3. The number of nitrogens with zero attached hydrogens (tertiary/aromatic N) is 1. The number of benzene rings is 1. The van der Waals surface area contributed by atoms with Gasteiger partial charge in [0, 0.05) is 44.1 Å². The Hall–Kier alpha value is -1.16. The van der Waals surface area contributed by atoms with Gasteiger partial charge in [-0.05, 0) is 36.6 Å². The number of rotatable bonds is 6. The summed E-state index contributed by atoms with van der Waals surface area (Å²) in [7, 11) is 1.89. The third-order valence-corrected chi connectivity index (χ3v) is 5.28. The summed E-state index contributed by atoms with van der Waals surface area (Å²) in [6, 6.07) is 8.50. The lowest BCUT2D eigenvalue weighted by atomic mass is 9.95. The van der Waals surface area contributed by atoms with Gasteiger partial charge >= 0.3 is 0 Å². The standard InChI is InChI=1S/C17H24F2N2/c1-3-17(18,19)8-9-21(2)15-6-4-13(5-7-15)16-10-14(16)11-20-12-16/h4-7,14,20H,3,8-12H2,1-2H3. The molecule has 0 radical (unpaired) electrons. The SMILES string of the molecule is CCC(F)(F)CCN(C)c1ccc(C23CNCC2C3)cc1. The van der Waals surface area contributed by atoms with E-state index in [1.54, 1.807) is 0 Å². The molecule has 4 heteroatoms. The Morgan fingerprint density at radius 2 is 2.05 bits per heavy atom. The van der Waals surface area contributed by atoms with Crippen molar-refractivity contribution >= 4 is 5.69 Å². The number of alkyl halides is 2. The Morgan fingerprint density at radius 3 is 2.57 bits per heavy atom. The van der Waals surface area contributed by atoms with Crippen LogP contribution >= 0.6 is 0 Å². The van der Waals surface area contributed by atoms with E-state index < -0.39 is 5.92 Å². The third kappa shape index (κ3) is 2.78. The van der Waals surface area contributed by atoms with Gasteiger partial charge in [-0.15, -0.1) is 0 Å². The Bertz CT molecular complexity index is 500. The molecule has 1 saturated heterocycles. The van der Waals surface area contributed by atoms with Gasteiger partial charge < -0.3 is 10.2 Å². The van der Waals surface area contributed by atoms with E-state index in [1.165, 1.54) is 18.9 Å². The van der Waals surface area contributed by atoms with Crippen molar-refractivity contribution in [1.29, 1.82) is 0 Å². The monoisotopic (exact) mass is 294 g/mol. The Labute approximate surface area is 125 Å². The lowest BCUT2D eigenvalue weighted by Crippen LogP contribution is -2.26. The van der Waals surface area contributed by atoms with Crippen LogP contribution in [-0.4, -0.2) is 32.6 Å². The van der Waals surface area contributed by atoms with Gasteiger partial charge in [0.1, 0.15) is 0 Å². The van der Waals surface area contributed by atoms with E-state index in [9.17, 15) is 8.78 Å². The molecule has 0 amide bonds. The maximum Gasteiger partial charge on any atom is 0.249 e. The molecule has 2 aliphatic rings. The predicted octanol–water partition coefficient (Wildman–Crippen LogP) is 3.42. The maximum absolute atomic E-state index is 13.3. The van der Waals surface area contributed by atoms with Gasteiger partial charge in [-0.3, -0.25) is 0 Å². The summed E-state index contributed by atoms with van der Waals surface area (Å²) < 4.78 is 26.6. The Kier molecular flexibility index (Phi) is 3.68. The molecule has 21 heavy (non-hydrogen) atoms. The van der Waals surface area contributed by atoms with Gasteiger partial charge in [-0.1, -0.05) is 19.1 Å². The lowest BCUT2D eigenvalue weighted by molar-refractivity contribution is -0.00901. The van der Waals surface area contributed by atoms with Crippen molar-refractivity contribution in [3.8, 4) is 0 Å². The summed E-state index contributed by atoms with van der Waals surface area (Å²) in [4.78, 5) is 1.92. The summed E-state index contributed by atoms with van der Waals surface area (Å²) in [5.74, 6) is -1.76. The minimum Gasteiger partial charge on any atom is -0.374 e. The molecule has 1 heterocycles. The number of anilines is 1. The van der Waals surface area contributed by atoms with Crippen LogP contribution in [0, 0.1) is 5.92 Å². The molecule has 1 saturated carbocycles. The molecule has 1 aliphatic heterocycles. The van der Waals surface area contributed by atoms with Crippen LogP contribution in [0.1, 0.15) is 31.7 Å². The second kappa shape index (κ2) is 5.24. The highest BCUT2D eigenvalue weighted by molar-refractivity contribution is 5.50. The van der Waals surface area contributed by atoms with Gasteiger partial charge in [-0.25, -0.2) is 8.78 Å². The van der Waals surface area contributed by atoms with Gasteiger partial charge in [-0.2, -0.15) is 0 Å². The molecule has 1 aromatic carbocycles. The third-order valence-electron chi connectivity index (χ3n) is 5.28. The van der Waals surface area contributed by atoms with Crippen LogP contribution in [0.3, 0.4) is 0 Å². The van der Waals surface area contributed by atoms with Crippen LogP contribution in [0.5, 0.6) is 0 Å². The van der Waals surface area contributed by atoms with Crippen LogP contribution in [0.2, 0.25) is 0 Å². The molecule has 1 aliphatic carbocycles. The van der Waals surface area contributed by atoms with Crippen molar-refractivity contribution in [3.63, 3.8) is 0 Å². The number of piperidine rings is 1. The summed E-state index contributed by atoms with van der Waals surface area (Å²) in [5, 5.41) is 3.45. The van der Waals surface area contributed by atoms with Gasteiger partial charge in [0.2, 0.25) is 5.92 Å². The van der Waals surface area contributed by atoms with E-state index in [0.717, 1.165) is 24.7 Å². The number of halogens is 2. The molecule has 1 aromatic rings. The van der Waals surface area contributed by atoms with E-state index in [0.29, 0.717) is 12.0 Å². The zero-order valence-corrected chi connectivity index (χ0v) is 12.8. The summed E-state index contributed by atoms with van der Waals surface area (Å²) >= 11 is 0. The topological polar surface area (TPSA) is 15.3 Å². The first-order chi connectivity index (χ1) is 9.97. The fourth-order valence-electron chi connectivity index (χ4n) is 3.47. The molecule has 1 N–H and O–H groups in total. The van der Waals surface area contributed by atoms with E-state index >= 15 is 0 Å². The van der Waals surface area contributed by atoms with Crippen LogP contribution in [0.4, 0.5) is 14.5 Å². The summed E-state index contributed by atoms with van der Waals surface area (Å²) in [6.07, 6.45) is 1.12. The number of hydrogen-bond donors (Lipinski definition) is 1. The zero-order valence-electron chi connectivity index (χ0n) is 12.8. The molecule has 0 aromatic heterocycles. The van der Waals surface area contributed by atoms with E-state index in [2.05, 4.69) is 29.6 Å². The van der Waals surface area contributed by atoms with Crippen LogP contribution in [0.15, 0.2) is 24.3 Å². The fraction of sp³-hybridized carbons (Fsp3) is 0.647. The first-order valence-corrected chi connectivity index (χ1v) is 7.87. The molecule has 2 unspecified atom stereocenters. The number of fused-ring (bicyclic) bond motifs is 1. The quantitative estimate of drug-likeness (QED) is 0.865. The molecule has 2 atom stereocenters. The van der Waals surface area contributed by atoms with Crippen molar-refractivity contribution in [2.24, 2.45) is 5.92 Å². The average molecular weight is 294 g/mol. The zero-order chi connectivity index (χ0) is 15.1. The summed E-state index contributed by atoms with van der Waals surface area (Å²) in [5.41, 5.74) is 2.78. The highest BCUT2D eigenvalue weighted by atomic mass is 19.3. The van der Waals surface area contributed by atoms with Crippen LogP contribution < -0.4 is 10.2 Å².